The zero-order chi connectivity index (χ0) is 14.0. The van der Waals surface area contributed by atoms with E-state index in [1.807, 2.05) is 0 Å². The molecule has 2 N–H and O–H groups in total. The van der Waals surface area contributed by atoms with Gasteiger partial charge in [-0.1, -0.05) is 20.3 Å². The van der Waals surface area contributed by atoms with Crippen LogP contribution in [0.3, 0.4) is 0 Å². The molecule has 1 aliphatic heterocycles. The van der Waals surface area contributed by atoms with Crippen molar-refractivity contribution in [2.75, 3.05) is 19.7 Å². The minimum atomic E-state index is 0.263. The molecular weight excluding hydrogens is 236 g/mol. The van der Waals surface area contributed by atoms with Gasteiger partial charge in [0.05, 0.1) is 6.61 Å². The summed E-state index contributed by atoms with van der Waals surface area (Å²) in [6, 6.07) is 1.56. The lowest BCUT2D eigenvalue weighted by molar-refractivity contribution is 0.0179. The molecule has 19 heavy (non-hydrogen) atoms. The average Bonchev–Trinajstić information content (AvgIpc) is 2.34. The Labute approximate surface area is 118 Å². The Hall–Kier alpha value is -0.120. The van der Waals surface area contributed by atoms with Crippen LogP contribution in [-0.4, -0.2) is 47.8 Å². The molecule has 1 aliphatic carbocycles. The van der Waals surface area contributed by atoms with Gasteiger partial charge in [-0.3, -0.25) is 0 Å². The SMILES string of the molecule is CC(C)C(CO)NC1C2CCCC1CN(C(C)C)C2. The van der Waals surface area contributed by atoms with Crippen LogP contribution in [-0.2, 0) is 0 Å². The molecule has 0 aromatic rings. The van der Waals surface area contributed by atoms with Crippen LogP contribution in [0.4, 0.5) is 0 Å². The number of hydrogen-bond donors (Lipinski definition) is 2. The van der Waals surface area contributed by atoms with Crippen molar-refractivity contribution in [3.8, 4) is 0 Å². The van der Waals surface area contributed by atoms with E-state index >= 15 is 0 Å². The van der Waals surface area contributed by atoms with Crippen LogP contribution in [0.1, 0.15) is 47.0 Å². The molecule has 0 aromatic carbocycles. The fraction of sp³-hybridized carbons (Fsp3) is 1.00. The largest absolute Gasteiger partial charge is 0.395 e. The van der Waals surface area contributed by atoms with Crippen molar-refractivity contribution in [1.82, 2.24) is 10.2 Å². The molecule has 0 aromatic heterocycles. The van der Waals surface area contributed by atoms with Crippen LogP contribution in [0.2, 0.25) is 0 Å². The summed E-state index contributed by atoms with van der Waals surface area (Å²) >= 11 is 0. The maximum atomic E-state index is 9.56. The topological polar surface area (TPSA) is 35.5 Å². The van der Waals surface area contributed by atoms with E-state index in [9.17, 15) is 5.11 Å². The first-order valence-electron chi connectivity index (χ1n) is 8.13. The molecule has 3 unspecified atom stereocenters. The number of piperidine rings is 1. The lowest BCUT2D eigenvalue weighted by Gasteiger charge is -2.50. The van der Waals surface area contributed by atoms with Gasteiger partial charge in [-0.2, -0.15) is 0 Å². The highest BCUT2D eigenvalue weighted by Crippen LogP contribution is 2.36. The molecule has 1 saturated heterocycles. The zero-order valence-electron chi connectivity index (χ0n) is 13.1. The van der Waals surface area contributed by atoms with Crippen LogP contribution in [0, 0.1) is 17.8 Å². The number of nitrogens with one attached hydrogen (secondary N) is 1. The van der Waals surface area contributed by atoms with Crippen molar-refractivity contribution in [2.24, 2.45) is 17.8 Å². The molecular formula is C16H32N2O. The van der Waals surface area contributed by atoms with Crippen molar-refractivity contribution < 1.29 is 5.11 Å². The van der Waals surface area contributed by atoms with E-state index in [-0.39, 0.29) is 12.6 Å². The highest BCUT2D eigenvalue weighted by molar-refractivity contribution is 4.96. The molecule has 1 heterocycles. The van der Waals surface area contributed by atoms with Gasteiger partial charge in [-0.25, -0.2) is 0 Å². The second-order valence-electron chi connectivity index (χ2n) is 7.22. The average molecular weight is 268 g/mol. The summed E-state index contributed by atoms with van der Waals surface area (Å²) in [5, 5.41) is 13.3. The minimum absolute atomic E-state index is 0.263. The Morgan fingerprint density at radius 3 is 2.11 bits per heavy atom. The third-order valence-electron chi connectivity index (χ3n) is 5.24. The molecule has 2 fully saturated rings. The van der Waals surface area contributed by atoms with Crippen molar-refractivity contribution in [3.05, 3.63) is 0 Å². The number of likely N-dealkylation sites (tertiary alicyclic amines) is 1. The van der Waals surface area contributed by atoms with E-state index in [4.69, 9.17) is 0 Å². The molecule has 0 amide bonds. The lowest BCUT2D eigenvalue weighted by atomic mass is 9.72. The Kier molecular flexibility index (Phi) is 5.27. The first-order chi connectivity index (χ1) is 9.02. The van der Waals surface area contributed by atoms with Crippen LogP contribution in [0.25, 0.3) is 0 Å². The third kappa shape index (κ3) is 3.50. The highest BCUT2D eigenvalue weighted by Gasteiger charge is 2.40. The number of rotatable bonds is 5. The number of fused-ring (bicyclic) bond motifs is 2. The zero-order valence-corrected chi connectivity index (χ0v) is 13.1. The molecule has 0 radical (unpaired) electrons. The predicted octanol–water partition coefficient (Wildman–Crippen LogP) is 2.10. The predicted molar refractivity (Wildman–Crippen MR) is 80.2 cm³/mol. The van der Waals surface area contributed by atoms with Crippen molar-refractivity contribution in [2.45, 2.75) is 65.1 Å². The molecule has 2 aliphatic rings. The van der Waals surface area contributed by atoms with E-state index in [1.165, 1.54) is 32.4 Å². The summed E-state index contributed by atoms with van der Waals surface area (Å²) < 4.78 is 0. The first-order valence-corrected chi connectivity index (χ1v) is 8.13. The third-order valence-corrected chi connectivity index (χ3v) is 5.24. The van der Waals surface area contributed by atoms with Crippen LogP contribution in [0.15, 0.2) is 0 Å². The number of hydrogen-bond acceptors (Lipinski definition) is 3. The van der Waals surface area contributed by atoms with E-state index in [0.717, 1.165) is 11.8 Å². The molecule has 2 bridgehead atoms. The molecule has 3 nitrogen and oxygen atoms in total. The van der Waals surface area contributed by atoms with Gasteiger partial charge in [0.1, 0.15) is 0 Å². The normalized spacial score (nSPS) is 33.9. The summed E-state index contributed by atoms with van der Waals surface area (Å²) in [6.45, 7) is 11.8. The van der Waals surface area contributed by atoms with Gasteiger partial charge in [-0.15, -0.1) is 0 Å². The Balaban J connectivity index is 2.01. The van der Waals surface area contributed by atoms with Gasteiger partial charge in [0.25, 0.3) is 0 Å². The van der Waals surface area contributed by atoms with E-state index in [1.54, 1.807) is 0 Å². The fourth-order valence-corrected chi connectivity index (χ4v) is 3.87. The summed E-state index contributed by atoms with van der Waals surface area (Å²) in [6.07, 6.45) is 4.10. The molecule has 3 heteroatoms. The van der Waals surface area contributed by atoms with Crippen LogP contribution >= 0.6 is 0 Å². The van der Waals surface area contributed by atoms with Crippen molar-refractivity contribution in [1.29, 1.82) is 0 Å². The smallest absolute Gasteiger partial charge is 0.0587 e. The van der Waals surface area contributed by atoms with E-state index < -0.39 is 0 Å². The number of aliphatic hydroxyl groups is 1. The maximum Gasteiger partial charge on any atom is 0.0587 e. The number of nitrogens with zero attached hydrogens (tertiary/aromatic N) is 1. The molecule has 1 saturated carbocycles. The minimum Gasteiger partial charge on any atom is -0.395 e. The second-order valence-corrected chi connectivity index (χ2v) is 7.22. The maximum absolute atomic E-state index is 9.56. The van der Waals surface area contributed by atoms with Crippen LogP contribution < -0.4 is 5.32 Å². The quantitative estimate of drug-likeness (QED) is 0.801. The highest BCUT2D eigenvalue weighted by atomic mass is 16.3. The van der Waals surface area contributed by atoms with Gasteiger partial charge in [-0.05, 0) is 44.4 Å². The van der Waals surface area contributed by atoms with Gasteiger partial charge in [0, 0.05) is 31.2 Å². The van der Waals surface area contributed by atoms with E-state index in [0.29, 0.717) is 18.0 Å². The van der Waals surface area contributed by atoms with Gasteiger partial charge in [0.15, 0.2) is 0 Å². The Bertz CT molecular complexity index is 266. The van der Waals surface area contributed by atoms with Gasteiger partial charge < -0.3 is 15.3 Å². The standard InChI is InChI=1S/C16H32N2O/c1-11(2)15(10-19)17-16-13-6-5-7-14(16)9-18(8-13)12(3)4/h11-17,19H,5-10H2,1-4H3. The fourth-order valence-electron chi connectivity index (χ4n) is 3.87. The molecule has 112 valence electrons. The van der Waals surface area contributed by atoms with Crippen molar-refractivity contribution >= 4 is 0 Å². The summed E-state index contributed by atoms with van der Waals surface area (Å²) in [5.41, 5.74) is 0. The van der Waals surface area contributed by atoms with Crippen molar-refractivity contribution in [3.63, 3.8) is 0 Å². The van der Waals surface area contributed by atoms with Gasteiger partial charge in [0.2, 0.25) is 0 Å². The monoisotopic (exact) mass is 268 g/mol. The van der Waals surface area contributed by atoms with Crippen LogP contribution in [0.5, 0.6) is 0 Å². The molecule has 3 atom stereocenters. The summed E-state index contributed by atoms with van der Waals surface area (Å²) in [7, 11) is 0. The Morgan fingerprint density at radius 2 is 1.68 bits per heavy atom. The van der Waals surface area contributed by atoms with Gasteiger partial charge >= 0.3 is 0 Å². The Morgan fingerprint density at radius 1 is 1.11 bits per heavy atom. The number of aliphatic hydroxyl groups excluding tert-OH is 1. The van der Waals surface area contributed by atoms with E-state index in [2.05, 4.69) is 37.9 Å². The summed E-state index contributed by atoms with van der Waals surface area (Å²) in [4.78, 5) is 2.65. The second kappa shape index (κ2) is 6.55. The lowest BCUT2D eigenvalue weighted by Crippen LogP contribution is -2.61. The molecule has 2 rings (SSSR count). The summed E-state index contributed by atoms with van der Waals surface area (Å²) in [5.74, 6) is 2.07. The first kappa shape index (κ1) is 15.3. The molecule has 0 spiro atoms.